The molecule has 0 atom stereocenters. The molecule has 6 heteroatoms. The van der Waals surface area contributed by atoms with Gasteiger partial charge in [-0.05, 0) is 36.2 Å². The van der Waals surface area contributed by atoms with Crippen molar-refractivity contribution in [3.8, 4) is 16.9 Å². The van der Waals surface area contributed by atoms with E-state index in [2.05, 4.69) is 44.5 Å². The standard InChI is InChI=1S/C21H27F3N2O/c1-6-26(7-2)13-15-10-16(20(3,4)5)11-17(19(15)27)14-8-9-18(25-12-14)21(22,23)24/h8-12,27H,6-7,13H2,1-5H3. The minimum absolute atomic E-state index is 0.0939. The summed E-state index contributed by atoms with van der Waals surface area (Å²) in [4.78, 5) is 5.71. The van der Waals surface area contributed by atoms with Crippen molar-refractivity contribution in [1.82, 2.24) is 9.88 Å². The van der Waals surface area contributed by atoms with Crippen molar-refractivity contribution in [2.75, 3.05) is 13.1 Å². The molecular formula is C21H27F3N2O. The van der Waals surface area contributed by atoms with Crippen molar-refractivity contribution < 1.29 is 18.3 Å². The molecule has 0 fully saturated rings. The number of aromatic hydroxyl groups is 1. The summed E-state index contributed by atoms with van der Waals surface area (Å²) in [5, 5.41) is 10.8. The molecule has 1 aromatic heterocycles. The van der Waals surface area contributed by atoms with Crippen LogP contribution in [-0.4, -0.2) is 28.1 Å². The van der Waals surface area contributed by atoms with Gasteiger partial charge in [-0.3, -0.25) is 9.88 Å². The number of pyridine rings is 1. The Bertz CT molecular complexity index is 774. The van der Waals surface area contributed by atoms with Gasteiger partial charge in [0.1, 0.15) is 11.4 Å². The average Bonchev–Trinajstić information content (AvgIpc) is 2.59. The molecule has 0 saturated heterocycles. The minimum atomic E-state index is -4.48. The first-order valence-electron chi connectivity index (χ1n) is 9.09. The lowest BCUT2D eigenvalue weighted by Gasteiger charge is -2.25. The SMILES string of the molecule is CCN(CC)Cc1cc(C(C)(C)C)cc(-c2ccc(C(F)(F)F)nc2)c1O. The minimum Gasteiger partial charge on any atom is -0.507 e. The average molecular weight is 380 g/mol. The lowest BCUT2D eigenvalue weighted by Crippen LogP contribution is -2.23. The Balaban J connectivity index is 2.57. The monoisotopic (exact) mass is 380 g/mol. The van der Waals surface area contributed by atoms with Gasteiger partial charge in [-0.25, -0.2) is 0 Å². The number of benzene rings is 1. The molecule has 0 amide bonds. The second kappa shape index (κ2) is 7.89. The van der Waals surface area contributed by atoms with Gasteiger partial charge in [0.15, 0.2) is 0 Å². The number of phenols is 1. The smallest absolute Gasteiger partial charge is 0.433 e. The first kappa shape index (κ1) is 21.2. The van der Waals surface area contributed by atoms with Gasteiger partial charge in [0.25, 0.3) is 0 Å². The summed E-state index contributed by atoms with van der Waals surface area (Å²) < 4.78 is 38.4. The maximum Gasteiger partial charge on any atom is 0.433 e. The van der Waals surface area contributed by atoms with E-state index in [1.165, 1.54) is 12.3 Å². The summed E-state index contributed by atoms with van der Waals surface area (Å²) in [6.45, 7) is 12.5. The third-order valence-electron chi connectivity index (χ3n) is 4.71. The second-order valence-corrected chi connectivity index (χ2v) is 7.67. The van der Waals surface area contributed by atoms with Gasteiger partial charge in [-0.15, -0.1) is 0 Å². The molecule has 148 valence electrons. The van der Waals surface area contributed by atoms with Crippen molar-refractivity contribution in [3.05, 3.63) is 47.3 Å². The number of alkyl halides is 3. The van der Waals surface area contributed by atoms with Crippen molar-refractivity contribution in [1.29, 1.82) is 0 Å². The van der Waals surface area contributed by atoms with Gasteiger partial charge in [0.05, 0.1) is 0 Å². The summed E-state index contributed by atoms with van der Waals surface area (Å²) in [5.41, 5.74) is 1.64. The number of rotatable bonds is 5. The third-order valence-corrected chi connectivity index (χ3v) is 4.71. The number of hydrogen-bond acceptors (Lipinski definition) is 3. The van der Waals surface area contributed by atoms with Gasteiger partial charge in [-0.1, -0.05) is 46.8 Å². The van der Waals surface area contributed by atoms with E-state index in [0.717, 1.165) is 30.3 Å². The summed E-state index contributed by atoms with van der Waals surface area (Å²) in [6.07, 6.45) is -3.31. The number of phenolic OH excluding ortho intramolecular Hbond substituents is 1. The van der Waals surface area contributed by atoms with Crippen LogP contribution in [-0.2, 0) is 18.1 Å². The maximum absolute atomic E-state index is 12.8. The fraction of sp³-hybridized carbons (Fsp3) is 0.476. The highest BCUT2D eigenvalue weighted by Gasteiger charge is 2.32. The summed E-state index contributed by atoms with van der Waals surface area (Å²) in [7, 11) is 0. The Morgan fingerprint density at radius 1 is 1.04 bits per heavy atom. The lowest BCUT2D eigenvalue weighted by molar-refractivity contribution is -0.141. The van der Waals surface area contributed by atoms with E-state index in [1.807, 2.05) is 12.1 Å². The third kappa shape index (κ3) is 5.01. The van der Waals surface area contributed by atoms with Crippen LogP contribution < -0.4 is 0 Å². The van der Waals surface area contributed by atoms with Gasteiger partial charge in [0, 0.05) is 29.4 Å². The molecule has 0 unspecified atom stereocenters. The Labute approximate surface area is 158 Å². The van der Waals surface area contributed by atoms with E-state index in [-0.39, 0.29) is 11.2 Å². The molecule has 1 aromatic carbocycles. The highest BCUT2D eigenvalue weighted by molar-refractivity contribution is 5.72. The molecule has 1 heterocycles. The van der Waals surface area contributed by atoms with E-state index < -0.39 is 11.9 Å². The summed E-state index contributed by atoms with van der Waals surface area (Å²) >= 11 is 0. The summed E-state index contributed by atoms with van der Waals surface area (Å²) in [5.74, 6) is 0.0939. The van der Waals surface area contributed by atoms with Crippen LogP contribution in [0.25, 0.3) is 11.1 Å². The number of halogens is 3. The van der Waals surface area contributed by atoms with Gasteiger partial charge >= 0.3 is 6.18 Å². The van der Waals surface area contributed by atoms with Crippen LogP contribution in [0.4, 0.5) is 13.2 Å². The van der Waals surface area contributed by atoms with Crippen LogP contribution in [0.5, 0.6) is 5.75 Å². The second-order valence-electron chi connectivity index (χ2n) is 7.67. The molecule has 1 N–H and O–H groups in total. The van der Waals surface area contributed by atoms with E-state index in [9.17, 15) is 18.3 Å². The van der Waals surface area contributed by atoms with Gasteiger partial charge in [-0.2, -0.15) is 13.2 Å². The fourth-order valence-corrected chi connectivity index (χ4v) is 2.88. The topological polar surface area (TPSA) is 36.4 Å². The van der Waals surface area contributed by atoms with Crippen LogP contribution in [0.1, 0.15) is 51.4 Å². The molecule has 2 rings (SSSR count). The molecular weight excluding hydrogens is 353 g/mol. The predicted octanol–water partition coefficient (Wildman–Crippen LogP) is 5.61. The maximum atomic E-state index is 12.8. The molecule has 27 heavy (non-hydrogen) atoms. The van der Waals surface area contributed by atoms with Gasteiger partial charge < -0.3 is 5.11 Å². The molecule has 3 nitrogen and oxygen atoms in total. The van der Waals surface area contributed by atoms with E-state index >= 15 is 0 Å². The van der Waals surface area contributed by atoms with E-state index in [1.54, 1.807) is 0 Å². The molecule has 0 aliphatic rings. The highest BCUT2D eigenvalue weighted by atomic mass is 19.4. The Morgan fingerprint density at radius 2 is 1.67 bits per heavy atom. The first-order valence-corrected chi connectivity index (χ1v) is 9.09. The largest absolute Gasteiger partial charge is 0.507 e. The molecule has 0 bridgehead atoms. The molecule has 0 aliphatic carbocycles. The highest BCUT2D eigenvalue weighted by Crippen LogP contribution is 2.38. The zero-order valence-electron chi connectivity index (χ0n) is 16.5. The van der Waals surface area contributed by atoms with E-state index in [4.69, 9.17) is 0 Å². The molecule has 0 saturated carbocycles. The number of nitrogens with zero attached hydrogens (tertiary/aromatic N) is 2. The van der Waals surface area contributed by atoms with Crippen LogP contribution in [0.15, 0.2) is 30.5 Å². The van der Waals surface area contributed by atoms with Crippen LogP contribution in [0.3, 0.4) is 0 Å². The van der Waals surface area contributed by atoms with Gasteiger partial charge in [0.2, 0.25) is 0 Å². The summed E-state index contributed by atoms with van der Waals surface area (Å²) in [6, 6.07) is 6.13. The number of hydrogen-bond donors (Lipinski definition) is 1. The molecule has 0 aliphatic heterocycles. The van der Waals surface area contributed by atoms with Crippen molar-refractivity contribution in [3.63, 3.8) is 0 Å². The Hall–Kier alpha value is -2.08. The molecule has 2 aromatic rings. The van der Waals surface area contributed by atoms with Crippen LogP contribution in [0.2, 0.25) is 0 Å². The molecule has 0 radical (unpaired) electrons. The van der Waals surface area contributed by atoms with Crippen molar-refractivity contribution >= 4 is 0 Å². The first-order chi connectivity index (χ1) is 12.5. The van der Waals surface area contributed by atoms with Crippen LogP contribution in [0, 0.1) is 0 Å². The van der Waals surface area contributed by atoms with Crippen molar-refractivity contribution in [2.24, 2.45) is 0 Å². The Morgan fingerprint density at radius 3 is 2.11 bits per heavy atom. The van der Waals surface area contributed by atoms with Crippen molar-refractivity contribution in [2.45, 2.75) is 52.8 Å². The zero-order valence-corrected chi connectivity index (χ0v) is 16.5. The number of aromatic nitrogens is 1. The predicted molar refractivity (Wildman–Crippen MR) is 102 cm³/mol. The zero-order chi connectivity index (χ0) is 20.4. The molecule has 0 spiro atoms. The lowest BCUT2D eigenvalue weighted by atomic mass is 9.83. The van der Waals surface area contributed by atoms with Crippen LogP contribution >= 0.6 is 0 Å². The quantitative estimate of drug-likeness (QED) is 0.732. The van der Waals surface area contributed by atoms with E-state index in [0.29, 0.717) is 17.7 Å². The normalized spacial score (nSPS) is 12.6. The fourth-order valence-electron chi connectivity index (χ4n) is 2.88. The Kier molecular flexibility index (Phi) is 6.20.